The second-order valence-electron chi connectivity index (χ2n) is 9.12. The van der Waals surface area contributed by atoms with Crippen LogP contribution in [-0.4, -0.2) is 30.6 Å². The topological polar surface area (TPSA) is 86.8 Å². The summed E-state index contributed by atoms with van der Waals surface area (Å²) in [5.74, 6) is 1.11. The minimum atomic E-state index is -0.514. The number of methoxy groups -OCH3 is 1. The van der Waals surface area contributed by atoms with Crippen molar-refractivity contribution >= 4 is 28.3 Å². The predicted molar refractivity (Wildman–Crippen MR) is 154 cm³/mol. The molecule has 4 aromatic carbocycles. The number of esters is 1. The zero-order valence-corrected chi connectivity index (χ0v) is 22.0. The van der Waals surface area contributed by atoms with Crippen LogP contribution in [0, 0.1) is 0 Å². The van der Waals surface area contributed by atoms with Gasteiger partial charge in [-0.2, -0.15) is 0 Å². The molecule has 0 aliphatic carbocycles. The second-order valence-corrected chi connectivity index (χ2v) is 9.12. The third-order valence-corrected chi connectivity index (χ3v) is 6.28. The highest BCUT2D eigenvalue weighted by Gasteiger charge is 2.14. The number of aromatic nitrogens is 1. The van der Waals surface area contributed by atoms with Crippen molar-refractivity contribution in [2.75, 3.05) is 19.0 Å². The largest absolute Gasteiger partial charge is 0.493 e. The minimum absolute atomic E-state index is 0.0918. The number of carbonyl (C=O) groups excluding carboxylic acids is 2. The molecule has 1 heterocycles. The molecule has 0 saturated carbocycles. The first kappa shape index (κ1) is 26.4. The maximum atomic E-state index is 12.6. The summed E-state index contributed by atoms with van der Waals surface area (Å²) in [5, 5.41) is 4.83. The van der Waals surface area contributed by atoms with Gasteiger partial charge in [0.2, 0.25) is 11.8 Å². The van der Waals surface area contributed by atoms with Gasteiger partial charge in [0.1, 0.15) is 11.5 Å². The van der Waals surface area contributed by atoms with Gasteiger partial charge in [-0.3, -0.25) is 4.79 Å². The third kappa shape index (κ3) is 6.82. The van der Waals surface area contributed by atoms with Crippen LogP contribution in [0.15, 0.2) is 109 Å². The van der Waals surface area contributed by atoms with Crippen molar-refractivity contribution in [1.29, 1.82) is 0 Å². The molecule has 40 heavy (non-hydrogen) atoms. The van der Waals surface area contributed by atoms with Crippen LogP contribution in [0.4, 0.5) is 5.69 Å². The van der Waals surface area contributed by atoms with Crippen molar-refractivity contribution < 1.29 is 23.8 Å². The number of ether oxygens (including phenoxy) is 3. The van der Waals surface area contributed by atoms with Crippen LogP contribution >= 0.6 is 0 Å². The summed E-state index contributed by atoms with van der Waals surface area (Å²) in [4.78, 5) is 28.8. The third-order valence-electron chi connectivity index (χ3n) is 6.28. The van der Waals surface area contributed by atoms with E-state index >= 15 is 0 Å². The Morgan fingerprint density at radius 3 is 2.25 bits per heavy atom. The Morgan fingerprint density at radius 1 is 0.775 bits per heavy atom. The Bertz CT molecular complexity index is 1620. The van der Waals surface area contributed by atoms with Crippen LogP contribution in [0.3, 0.4) is 0 Å². The van der Waals surface area contributed by atoms with E-state index in [1.807, 2.05) is 54.6 Å². The maximum absolute atomic E-state index is 12.6. The molecule has 200 valence electrons. The number of para-hydroxylation sites is 1. The molecule has 0 aliphatic heterocycles. The molecule has 0 saturated heterocycles. The maximum Gasteiger partial charge on any atom is 0.339 e. The molecular formula is C33H28N2O5. The van der Waals surface area contributed by atoms with Gasteiger partial charge in [0.15, 0.2) is 0 Å². The van der Waals surface area contributed by atoms with E-state index in [4.69, 9.17) is 14.2 Å². The van der Waals surface area contributed by atoms with Crippen LogP contribution in [0.5, 0.6) is 17.4 Å². The fourth-order valence-electron chi connectivity index (χ4n) is 4.24. The van der Waals surface area contributed by atoms with E-state index < -0.39 is 5.97 Å². The average Bonchev–Trinajstić information content (AvgIpc) is 2.98. The molecule has 0 aliphatic rings. The SMILES string of the molecule is COC(=O)c1ccccc1NC(=O)Cc1ccc(Oc2ccc3cc(OCCc4ccccc4)ccc3c2)nc1. The molecule has 5 aromatic rings. The fourth-order valence-corrected chi connectivity index (χ4v) is 4.24. The molecule has 1 N–H and O–H groups in total. The first-order valence-corrected chi connectivity index (χ1v) is 12.9. The van der Waals surface area contributed by atoms with Gasteiger partial charge in [-0.25, -0.2) is 9.78 Å². The van der Waals surface area contributed by atoms with Crippen LogP contribution < -0.4 is 14.8 Å². The molecule has 0 radical (unpaired) electrons. The van der Waals surface area contributed by atoms with Crippen LogP contribution in [0.2, 0.25) is 0 Å². The molecule has 0 bridgehead atoms. The van der Waals surface area contributed by atoms with Gasteiger partial charge in [0.05, 0.1) is 31.4 Å². The van der Waals surface area contributed by atoms with E-state index in [0.717, 1.165) is 22.9 Å². The number of pyridine rings is 1. The summed E-state index contributed by atoms with van der Waals surface area (Å²) in [6, 6.07) is 32.3. The standard InChI is InChI=1S/C33H28N2O5/c1-38-33(37)29-9-5-6-10-30(29)35-31(36)19-24-11-16-32(34-22-24)40-28-15-13-25-20-27(14-12-26(25)21-28)39-18-17-23-7-3-2-4-8-23/h2-16,20-22H,17-19H2,1H3,(H,35,36). The molecule has 0 unspecified atom stereocenters. The molecule has 0 atom stereocenters. The van der Waals surface area contributed by atoms with Crippen molar-refractivity contribution in [1.82, 2.24) is 4.98 Å². The first-order valence-electron chi connectivity index (χ1n) is 12.9. The lowest BCUT2D eigenvalue weighted by molar-refractivity contribution is -0.115. The van der Waals surface area contributed by atoms with E-state index in [-0.39, 0.29) is 12.3 Å². The number of anilines is 1. The quantitative estimate of drug-likeness (QED) is 0.204. The molecule has 0 fully saturated rings. The molecule has 5 rings (SSSR count). The van der Waals surface area contributed by atoms with Gasteiger partial charge in [-0.1, -0.05) is 60.7 Å². The number of fused-ring (bicyclic) bond motifs is 1. The van der Waals surface area contributed by atoms with E-state index in [0.29, 0.717) is 35.1 Å². The van der Waals surface area contributed by atoms with E-state index in [1.54, 1.807) is 42.6 Å². The van der Waals surface area contributed by atoms with Crippen molar-refractivity contribution in [3.05, 3.63) is 126 Å². The van der Waals surface area contributed by atoms with Crippen LogP contribution in [0.25, 0.3) is 10.8 Å². The highest BCUT2D eigenvalue weighted by atomic mass is 16.5. The van der Waals surface area contributed by atoms with Crippen LogP contribution in [0.1, 0.15) is 21.5 Å². The Kier molecular flexibility index (Phi) is 8.32. The number of amides is 1. The molecule has 7 heteroatoms. The highest BCUT2D eigenvalue weighted by molar-refractivity contribution is 6.01. The normalized spacial score (nSPS) is 10.6. The molecule has 1 aromatic heterocycles. The average molecular weight is 533 g/mol. The lowest BCUT2D eigenvalue weighted by Crippen LogP contribution is -2.17. The smallest absolute Gasteiger partial charge is 0.339 e. The Labute approximate surface area is 232 Å². The Balaban J connectivity index is 1.16. The van der Waals surface area contributed by atoms with Crippen molar-refractivity contribution in [2.24, 2.45) is 0 Å². The van der Waals surface area contributed by atoms with Gasteiger partial charge in [0, 0.05) is 18.7 Å². The summed E-state index contributed by atoms with van der Waals surface area (Å²) in [7, 11) is 1.30. The monoisotopic (exact) mass is 532 g/mol. The molecule has 0 spiro atoms. The number of nitrogens with one attached hydrogen (secondary N) is 1. The van der Waals surface area contributed by atoms with E-state index in [9.17, 15) is 9.59 Å². The number of nitrogens with zero attached hydrogens (tertiary/aromatic N) is 1. The van der Waals surface area contributed by atoms with Gasteiger partial charge in [-0.15, -0.1) is 0 Å². The minimum Gasteiger partial charge on any atom is -0.493 e. The number of hydrogen-bond donors (Lipinski definition) is 1. The fraction of sp³-hybridized carbons (Fsp3) is 0.121. The Hall–Kier alpha value is -5.17. The van der Waals surface area contributed by atoms with Crippen molar-refractivity contribution in [3.63, 3.8) is 0 Å². The summed E-state index contributed by atoms with van der Waals surface area (Å²) in [5.41, 5.74) is 2.65. The van der Waals surface area contributed by atoms with Gasteiger partial charge >= 0.3 is 5.97 Å². The van der Waals surface area contributed by atoms with Crippen molar-refractivity contribution in [3.8, 4) is 17.4 Å². The van der Waals surface area contributed by atoms with Crippen molar-refractivity contribution in [2.45, 2.75) is 12.8 Å². The first-order chi connectivity index (χ1) is 19.6. The predicted octanol–water partition coefficient (Wildman–Crippen LogP) is 6.62. The van der Waals surface area contributed by atoms with Crippen LogP contribution in [-0.2, 0) is 22.4 Å². The lowest BCUT2D eigenvalue weighted by atomic mass is 10.1. The van der Waals surface area contributed by atoms with E-state index in [2.05, 4.69) is 22.4 Å². The van der Waals surface area contributed by atoms with Gasteiger partial charge in [-0.05, 0) is 58.3 Å². The number of benzene rings is 4. The second kappa shape index (κ2) is 12.6. The number of rotatable bonds is 10. The van der Waals surface area contributed by atoms with E-state index in [1.165, 1.54) is 12.7 Å². The zero-order chi connectivity index (χ0) is 27.7. The zero-order valence-electron chi connectivity index (χ0n) is 22.0. The molecule has 7 nitrogen and oxygen atoms in total. The lowest BCUT2D eigenvalue weighted by Gasteiger charge is -2.10. The molecular weight excluding hydrogens is 504 g/mol. The summed E-state index contributed by atoms with van der Waals surface area (Å²) >= 11 is 0. The number of carbonyl (C=O) groups is 2. The molecule has 1 amide bonds. The Morgan fingerprint density at radius 2 is 1.50 bits per heavy atom. The number of hydrogen-bond acceptors (Lipinski definition) is 6. The summed E-state index contributed by atoms with van der Waals surface area (Å²) < 4.78 is 16.7. The van der Waals surface area contributed by atoms with Gasteiger partial charge in [0.25, 0.3) is 0 Å². The highest BCUT2D eigenvalue weighted by Crippen LogP contribution is 2.27. The van der Waals surface area contributed by atoms with Gasteiger partial charge < -0.3 is 19.5 Å². The summed E-state index contributed by atoms with van der Waals surface area (Å²) in [6.45, 7) is 0.612. The summed E-state index contributed by atoms with van der Waals surface area (Å²) in [6.07, 6.45) is 2.54.